The van der Waals surface area contributed by atoms with Gasteiger partial charge in [0.05, 0.1) is 21.7 Å². The van der Waals surface area contributed by atoms with Crippen molar-refractivity contribution in [2.24, 2.45) is 0 Å². The van der Waals surface area contributed by atoms with E-state index in [9.17, 15) is 18.0 Å². The highest BCUT2D eigenvalue weighted by molar-refractivity contribution is 7.14. The smallest absolute Gasteiger partial charge is 0.348 e. The molecule has 0 fully saturated rings. The van der Waals surface area contributed by atoms with Crippen molar-refractivity contribution in [2.75, 3.05) is 0 Å². The first-order valence-electron chi connectivity index (χ1n) is 8.24. The summed E-state index contributed by atoms with van der Waals surface area (Å²) in [5.41, 5.74) is 1.42. The second kappa shape index (κ2) is 7.08. The number of benzene rings is 1. The molecule has 0 aliphatic rings. The number of fused-ring (bicyclic) bond motifs is 1. The number of amides is 1. The third-order valence-electron chi connectivity index (χ3n) is 4.15. The minimum atomic E-state index is -4.41. The molecule has 0 spiro atoms. The Morgan fingerprint density at radius 1 is 1.18 bits per heavy atom. The molecule has 0 unspecified atom stereocenters. The number of rotatable bonds is 4. The largest absolute Gasteiger partial charge is 0.416 e. The van der Waals surface area contributed by atoms with Crippen molar-refractivity contribution in [3.05, 3.63) is 70.7 Å². The molecule has 9 heteroatoms. The van der Waals surface area contributed by atoms with Crippen LogP contribution in [0.4, 0.5) is 13.2 Å². The fourth-order valence-electron chi connectivity index (χ4n) is 2.77. The standard InChI is InChI=1S/C19H13F3N4OS/c20-19(21,22)13-4-1-3-11(7-13)9-24-18(27)12-8-15(28-10-12)16-14-5-2-6-23-17(14)26-25-16/h1-8,10H,9H2,(H,24,27)(H,23,25,26). The number of aromatic nitrogens is 3. The Kier molecular flexibility index (Phi) is 4.60. The molecule has 4 aromatic rings. The summed E-state index contributed by atoms with van der Waals surface area (Å²) in [6.07, 6.45) is -2.77. The highest BCUT2D eigenvalue weighted by Gasteiger charge is 2.30. The number of carbonyl (C=O) groups is 1. The van der Waals surface area contributed by atoms with E-state index in [0.29, 0.717) is 16.8 Å². The molecule has 28 heavy (non-hydrogen) atoms. The van der Waals surface area contributed by atoms with Gasteiger partial charge in [-0.3, -0.25) is 9.89 Å². The van der Waals surface area contributed by atoms with Gasteiger partial charge >= 0.3 is 6.18 Å². The molecule has 3 aromatic heterocycles. The molecule has 3 heterocycles. The number of thiophene rings is 1. The van der Waals surface area contributed by atoms with Crippen LogP contribution in [0.2, 0.25) is 0 Å². The van der Waals surface area contributed by atoms with E-state index >= 15 is 0 Å². The summed E-state index contributed by atoms with van der Waals surface area (Å²) in [5.74, 6) is -0.359. The van der Waals surface area contributed by atoms with Crippen LogP contribution in [0.25, 0.3) is 21.6 Å². The first kappa shape index (κ1) is 18.2. The van der Waals surface area contributed by atoms with Crippen LogP contribution in [0.3, 0.4) is 0 Å². The SMILES string of the molecule is O=C(NCc1cccc(C(F)(F)F)c1)c1csc(-c2[nH]nc3ncccc23)c1. The van der Waals surface area contributed by atoms with Gasteiger partial charge in [0.15, 0.2) is 5.65 Å². The molecule has 0 aliphatic carbocycles. The zero-order valence-corrected chi connectivity index (χ0v) is 15.1. The number of carbonyl (C=O) groups excluding carboxylic acids is 1. The Morgan fingerprint density at radius 2 is 2.04 bits per heavy atom. The third-order valence-corrected chi connectivity index (χ3v) is 5.09. The van der Waals surface area contributed by atoms with Gasteiger partial charge in [-0.1, -0.05) is 12.1 Å². The average molecular weight is 402 g/mol. The van der Waals surface area contributed by atoms with Crippen LogP contribution in [-0.2, 0) is 12.7 Å². The molecule has 142 valence electrons. The van der Waals surface area contributed by atoms with Gasteiger partial charge in [0, 0.05) is 23.5 Å². The Labute approximate surface area is 161 Å². The van der Waals surface area contributed by atoms with Gasteiger partial charge in [0.1, 0.15) is 0 Å². The van der Waals surface area contributed by atoms with Crippen molar-refractivity contribution in [3.63, 3.8) is 0 Å². The van der Waals surface area contributed by atoms with Crippen LogP contribution in [-0.4, -0.2) is 21.1 Å². The Morgan fingerprint density at radius 3 is 2.86 bits per heavy atom. The number of H-pyrrole nitrogens is 1. The fraction of sp³-hybridized carbons (Fsp3) is 0.105. The molecule has 0 aliphatic heterocycles. The number of halogens is 3. The van der Waals surface area contributed by atoms with E-state index in [0.717, 1.165) is 28.1 Å². The van der Waals surface area contributed by atoms with Gasteiger partial charge in [-0.15, -0.1) is 11.3 Å². The molecule has 4 rings (SSSR count). The number of aromatic amines is 1. The number of nitrogens with one attached hydrogen (secondary N) is 2. The summed E-state index contributed by atoms with van der Waals surface area (Å²) < 4.78 is 38.3. The van der Waals surface area contributed by atoms with Gasteiger partial charge in [0.2, 0.25) is 0 Å². The molecule has 0 saturated carbocycles. The molecule has 0 atom stereocenters. The normalized spacial score (nSPS) is 11.7. The Bertz CT molecular complexity index is 1150. The minimum Gasteiger partial charge on any atom is -0.348 e. The van der Waals surface area contributed by atoms with Crippen molar-refractivity contribution >= 4 is 28.3 Å². The maximum absolute atomic E-state index is 12.8. The predicted octanol–water partition coefficient (Wildman–Crippen LogP) is 4.64. The van der Waals surface area contributed by atoms with E-state index in [2.05, 4.69) is 20.5 Å². The van der Waals surface area contributed by atoms with Crippen molar-refractivity contribution in [1.29, 1.82) is 0 Å². The molecule has 1 amide bonds. The molecule has 0 bridgehead atoms. The van der Waals surface area contributed by atoms with E-state index in [4.69, 9.17) is 0 Å². The lowest BCUT2D eigenvalue weighted by atomic mass is 10.1. The van der Waals surface area contributed by atoms with Gasteiger partial charge in [0.25, 0.3) is 5.91 Å². The summed E-state index contributed by atoms with van der Waals surface area (Å²) in [7, 11) is 0. The first-order chi connectivity index (χ1) is 13.4. The van der Waals surface area contributed by atoms with E-state index in [1.165, 1.54) is 23.5 Å². The Balaban J connectivity index is 1.48. The molecule has 5 nitrogen and oxygen atoms in total. The highest BCUT2D eigenvalue weighted by Crippen LogP contribution is 2.31. The molecule has 2 N–H and O–H groups in total. The lowest BCUT2D eigenvalue weighted by molar-refractivity contribution is -0.137. The van der Waals surface area contributed by atoms with Crippen LogP contribution < -0.4 is 5.32 Å². The summed E-state index contributed by atoms with van der Waals surface area (Å²) >= 11 is 1.37. The third kappa shape index (κ3) is 3.61. The number of hydrogen-bond donors (Lipinski definition) is 2. The lowest BCUT2D eigenvalue weighted by Gasteiger charge is -2.09. The molecule has 1 aromatic carbocycles. The van der Waals surface area contributed by atoms with Gasteiger partial charge in [-0.2, -0.15) is 18.3 Å². The molecule has 0 saturated heterocycles. The molecule has 0 radical (unpaired) electrons. The van der Waals surface area contributed by atoms with Gasteiger partial charge in [-0.25, -0.2) is 4.98 Å². The van der Waals surface area contributed by atoms with Crippen LogP contribution >= 0.6 is 11.3 Å². The summed E-state index contributed by atoms with van der Waals surface area (Å²) in [6, 6.07) is 10.3. The molecular weight excluding hydrogens is 389 g/mol. The number of hydrogen-bond acceptors (Lipinski definition) is 4. The number of alkyl halides is 3. The zero-order chi connectivity index (χ0) is 19.7. The van der Waals surface area contributed by atoms with Crippen LogP contribution in [0, 0.1) is 0 Å². The monoisotopic (exact) mass is 402 g/mol. The lowest BCUT2D eigenvalue weighted by Crippen LogP contribution is -2.22. The van der Waals surface area contributed by atoms with Crippen LogP contribution in [0.1, 0.15) is 21.5 Å². The Hall–Kier alpha value is -3.20. The van der Waals surface area contributed by atoms with E-state index in [1.54, 1.807) is 23.7 Å². The van der Waals surface area contributed by atoms with Gasteiger partial charge < -0.3 is 5.32 Å². The van der Waals surface area contributed by atoms with Crippen LogP contribution in [0.5, 0.6) is 0 Å². The van der Waals surface area contributed by atoms with E-state index in [1.807, 2.05) is 6.07 Å². The summed E-state index contributed by atoms with van der Waals surface area (Å²) in [4.78, 5) is 17.4. The average Bonchev–Trinajstić information content (AvgIpc) is 3.32. The maximum Gasteiger partial charge on any atom is 0.416 e. The fourth-order valence-corrected chi connectivity index (χ4v) is 3.66. The van der Waals surface area contributed by atoms with Crippen molar-refractivity contribution < 1.29 is 18.0 Å². The van der Waals surface area contributed by atoms with Crippen molar-refractivity contribution in [3.8, 4) is 10.6 Å². The van der Waals surface area contributed by atoms with E-state index < -0.39 is 11.7 Å². The number of nitrogens with zero attached hydrogens (tertiary/aromatic N) is 2. The van der Waals surface area contributed by atoms with E-state index in [-0.39, 0.29) is 12.5 Å². The van der Waals surface area contributed by atoms with Crippen molar-refractivity contribution in [1.82, 2.24) is 20.5 Å². The second-order valence-electron chi connectivity index (χ2n) is 6.05. The first-order valence-corrected chi connectivity index (χ1v) is 9.12. The topological polar surface area (TPSA) is 70.7 Å². The number of pyridine rings is 1. The summed E-state index contributed by atoms with van der Waals surface area (Å²) in [5, 5.41) is 12.2. The van der Waals surface area contributed by atoms with Crippen LogP contribution in [0.15, 0.2) is 54.0 Å². The summed E-state index contributed by atoms with van der Waals surface area (Å²) in [6.45, 7) is 0.00480. The second-order valence-corrected chi connectivity index (χ2v) is 6.96. The highest BCUT2D eigenvalue weighted by atomic mass is 32.1. The molecular formula is C19H13F3N4OS. The van der Waals surface area contributed by atoms with Crippen molar-refractivity contribution in [2.45, 2.75) is 12.7 Å². The predicted molar refractivity (Wildman–Crippen MR) is 99.8 cm³/mol. The quantitative estimate of drug-likeness (QED) is 0.523. The van der Waals surface area contributed by atoms with Gasteiger partial charge in [-0.05, 0) is 35.9 Å². The maximum atomic E-state index is 12.8. The minimum absolute atomic E-state index is 0.00480. The zero-order valence-electron chi connectivity index (χ0n) is 14.2.